The highest BCUT2D eigenvalue weighted by Gasteiger charge is 2.43. The summed E-state index contributed by atoms with van der Waals surface area (Å²) in [6.45, 7) is 3.81. The van der Waals surface area contributed by atoms with Crippen molar-refractivity contribution in [1.29, 1.82) is 0 Å². The molecule has 0 unspecified atom stereocenters. The number of hydrogen-bond donors (Lipinski definition) is 0. The van der Waals surface area contributed by atoms with E-state index in [0.717, 1.165) is 16.9 Å². The monoisotopic (exact) mass is 374 g/mol. The zero-order valence-electron chi connectivity index (χ0n) is 16.6. The minimum absolute atomic E-state index is 0.284. The van der Waals surface area contributed by atoms with E-state index < -0.39 is 5.79 Å². The van der Waals surface area contributed by atoms with Gasteiger partial charge in [-0.1, -0.05) is 12.1 Å². The van der Waals surface area contributed by atoms with E-state index in [-0.39, 0.29) is 12.2 Å². The van der Waals surface area contributed by atoms with Crippen molar-refractivity contribution >= 4 is 0 Å². The van der Waals surface area contributed by atoms with Crippen LogP contribution in [0.5, 0.6) is 23.0 Å². The number of ether oxygens (including phenoxy) is 6. The summed E-state index contributed by atoms with van der Waals surface area (Å²) >= 11 is 0. The van der Waals surface area contributed by atoms with E-state index in [1.165, 1.54) is 0 Å². The van der Waals surface area contributed by atoms with Gasteiger partial charge in [0.15, 0.2) is 17.3 Å². The molecule has 1 aliphatic heterocycles. The second-order valence-corrected chi connectivity index (χ2v) is 6.71. The highest BCUT2D eigenvalue weighted by atomic mass is 16.8. The third-order valence-corrected chi connectivity index (χ3v) is 4.56. The Balaban J connectivity index is 2.04. The van der Waals surface area contributed by atoms with Crippen molar-refractivity contribution in [1.82, 2.24) is 0 Å². The van der Waals surface area contributed by atoms with E-state index >= 15 is 0 Å². The average molecular weight is 374 g/mol. The van der Waals surface area contributed by atoms with Crippen LogP contribution >= 0.6 is 0 Å². The Bertz CT molecular complexity index is 759. The molecular formula is C21H26O6. The van der Waals surface area contributed by atoms with Gasteiger partial charge in [0.2, 0.25) is 5.75 Å². The molecule has 3 rings (SSSR count). The fraction of sp³-hybridized carbons (Fsp3) is 0.429. The van der Waals surface area contributed by atoms with Gasteiger partial charge in [-0.3, -0.25) is 0 Å². The van der Waals surface area contributed by atoms with Gasteiger partial charge in [0.05, 0.1) is 28.4 Å². The standard InChI is InChI=1S/C21H26O6/c1-21(2)26-18(13-7-9-15(22-3)10-8-13)19(27-21)14-11-16(23-4)20(25-6)17(12-14)24-5/h7-12,18-19H,1-6H3/t18-,19+/m0/s1. The first kappa shape index (κ1) is 19.3. The Morgan fingerprint density at radius 1 is 0.704 bits per heavy atom. The van der Waals surface area contributed by atoms with Gasteiger partial charge >= 0.3 is 0 Å². The van der Waals surface area contributed by atoms with Crippen molar-refractivity contribution in [3.63, 3.8) is 0 Å². The average Bonchev–Trinajstić information content (AvgIpc) is 3.02. The summed E-state index contributed by atoms with van der Waals surface area (Å²) in [5.74, 6) is 1.77. The van der Waals surface area contributed by atoms with Crippen molar-refractivity contribution < 1.29 is 28.4 Å². The summed E-state index contributed by atoms with van der Waals surface area (Å²) in [5.41, 5.74) is 1.89. The Kier molecular flexibility index (Phi) is 5.48. The SMILES string of the molecule is COc1ccc([C@@H]2OC(C)(C)O[C@@H]2c2cc(OC)c(OC)c(OC)c2)cc1. The maximum Gasteiger partial charge on any atom is 0.203 e. The molecule has 6 nitrogen and oxygen atoms in total. The molecule has 2 atom stereocenters. The Hall–Kier alpha value is -2.44. The van der Waals surface area contributed by atoms with Crippen molar-refractivity contribution in [2.24, 2.45) is 0 Å². The molecule has 1 fully saturated rings. The number of methoxy groups -OCH3 is 4. The van der Waals surface area contributed by atoms with Crippen LogP contribution in [0, 0.1) is 0 Å². The lowest BCUT2D eigenvalue weighted by Crippen LogP contribution is -2.20. The highest BCUT2D eigenvalue weighted by Crippen LogP contribution is 2.50. The lowest BCUT2D eigenvalue weighted by Gasteiger charge is -2.20. The van der Waals surface area contributed by atoms with Crippen LogP contribution in [0.2, 0.25) is 0 Å². The first-order chi connectivity index (χ1) is 12.9. The van der Waals surface area contributed by atoms with E-state index in [2.05, 4.69) is 0 Å². The smallest absolute Gasteiger partial charge is 0.203 e. The lowest BCUT2D eigenvalue weighted by molar-refractivity contribution is -0.147. The van der Waals surface area contributed by atoms with E-state index in [0.29, 0.717) is 17.2 Å². The maximum absolute atomic E-state index is 6.23. The molecule has 6 heteroatoms. The summed E-state index contributed by atoms with van der Waals surface area (Å²) < 4.78 is 34.1. The van der Waals surface area contributed by atoms with Crippen LogP contribution in [0.25, 0.3) is 0 Å². The minimum Gasteiger partial charge on any atom is -0.497 e. The lowest BCUT2D eigenvalue weighted by atomic mass is 9.97. The summed E-state index contributed by atoms with van der Waals surface area (Å²) in [7, 11) is 6.42. The molecular weight excluding hydrogens is 348 g/mol. The summed E-state index contributed by atoms with van der Waals surface area (Å²) in [6.07, 6.45) is -0.615. The molecule has 0 aromatic heterocycles. The molecule has 0 aliphatic carbocycles. The maximum atomic E-state index is 6.23. The first-order valence-corrected chi connectivity index (χ1v) is 8.72. The second-order valence-electron chi connectivity index (χ2n) is 6.71. The van der Waals surface area contributed by atoms with Crippen LogP contribution in [-0.4, -0.2) is 34.2 Å². The molecule has 0 amide bonds. The van der Waals surface area contributed by atoms with Gasteiger partial charge in [-0.15, -0.1) is 0 Å². The predicted molar refractivity (Wildman–Crippen MR) is 101 cm³/mol. The number of benzene rings is 2. The predicted octanol–water partition coefficient (Wildman–Crippen LogP) is 4.29. The molecule has 0 spiro atoms. The Morgan fingerprint density at radius 2 is 1.22 bits per heavy atom. The third kappa shape index (κ3) is 3.82. The van der Waals surface area contributed by atoms with Gasteiger partial charge in [-0.2, -0.15) is 0 Å². The van der Waals surface area contributed by atoms with E-state index in [1.807, 2.05) is 50.2 Å². The van der Waals surface area contributed by atoms with Crippen LogP contribution in [0.3, 0.4) is 0 Å². The molecule has 27 heavy (non-hydrogen) atoms. The topological polar surface area (TPSA) is 55.4 Å². The van der Waals surface area contributed by atoms with E-state index in [1.54, 1.807) is 28.4 Å². The molecule has 0 bridgehead atoms. The van der Waals surface area contributed by atoms with Crippen molar-refractivity contribution in [3.05, 3.63) is 47.5 Å². The molecule has 0 saturated carbocycles. The second kappa shape index (κ2) is 7.66. The van der Waals surface area contributed by atoms with Gasteiger partial charge in [0.25, 0.3) is 0 Å². The number of hydrogen-bond acceptors (Lipinski definition) is 6. The van der Waals surface area contributed by atoms with Crippen LogP contribution in [0.1, 0.15) is 37.2 Å². The van der Waals surface area contributed by atoms with Crippen LogP contribution in [-0.2, 0) is 9.47 Å². The highest BCUT2D eigenvalue weighted by molar-refractivity contribution is 5.54. The molecule has 0 N–H and O–H groups in total. The molecule has 1 saturated heterocycles. The molecule has 2 aromatic rings. The van der Waals surface area contributed by atoms with Crippen molar-refractivity contribution in [3.8, 4) is 23.0 Å². The molecule has 0 radical (unpaired) electrons. The first-order valence-electron chi connectivity index (χ1n) is 8.72. The van der Waals surface area contributed by atoms with E-state index in [9.17, 15) is 0 Å². The fourth-order valence-corrected chi connectivity index (χ4v) is 3.31. The largest absolute Gasteiger partial charge is 0.497 e. The zero-order valence-corrected chi connectivity index (χ0v) is 16.6. The molecule has 1 aliphatic rings. The van der Waals surface area contributed by atoms with Gasteiger partial charge in [0, 0.05) is 0 Å². The van der Waals surface area contributed by atoms with Gasteiger partial charge in [-0.05, 0) is 49.2 Å². The zero-order chi connectivity index (χ0) is 19.6. The molecule has 1 heterocycles. The van der Waals surface area contributed by atoms with Gasteiger partial charge in [0.1, 0.15) is 18.0 Å². The Labute approximate surface area is 159 Å². The van der Waals surface area contributed by atoms with E-state index in [4.69, 9.17) is 28.4 Å². The Morgan fingerprint density at radius 3 is 1.67 bits per heavy atom. The van der Waals surface area contributed by atoms with Crippen LogP contribution in [0.4, 0.5) is 0 Å². The van der Waals surface area contributed by atoms with Crippen molar-refractivity contribution in [2.75, 3.05) is 28.4 Å². The fourth-order valence-electron chi connectivity index (χ4n) is 3.31. The molecule has 146 valence electrons. The quantitative estimate of drug-likeness (QED) is 0.752. The van der Waals surface area contributed by atoms with Gasteiger partial charge < -0.3 is 28.4 Å². The summed E-state index contributed by atoms with van der Waals surface area (Å²) in [4.78, 5) is 0. The normalized spacial score (nSPS) is 21.0. The van der Waals surface area contributed by atoms with Gasteiger partial charge in [-0.25, -0.2) is 0 Å². The molecule has 2 aromatic carbocycles. The van der Waals surface area contributed by atoms with Crippen LogP contribution < -0.4 is 18.9 Å². The summed E-state index contributed by atoms with van der Waals surface area (Å²) in [5, 5.41) is 0. The van der Waals surface area contributed by atoms with Crippen molar-refractivity contribution in [2.45, 2.75) is 31.8 Å². The summed E-state index contributed by atoms with van der Waals surface area (Å²) in [6, 6.07) is 11.6. The van der Waals surface area contributed by atoms with Crippen LogP contribution in [0.15, 0.2) is 36.4 Å². The number of rotatable bonds is 6. The third-order valence-electron chi connectivity index (χ3n) is 4.56. The minimum atomic E-state index is -0.727.